The molecule has 0 atom stereocenters. The SMILES string of the molecule is CCCc1ccc(NC2CCN(C(=O)OCC)CC2)cc1. The Balaban J connectivity index is 1.79. The van der Waals surface area contributed by atoms with Crippen molar-refractivity contribution >= 4 is 11.8 Å². The highest BCUT2D eigenvalue weighted by Gasteiger charge is 2.23. The van der Waals surface area contributed by atoms with Crippen LogP contribution in [0, 0.1) is 0 Å². The Hall–Kier alpha value is -1.71. The highest BCUT2D eigenvalue weighted by molar-refractivity contribution is 5.67. The molecule has 0 bridgehead atoms. The molecule has 1 fully saturated rings. The van der Waals surface area contributed by atoms with Crippen molar-refractivity contribution < 1.29 is 9.53 Å². The van der Waals surface area contributed by atoms with Crippen LogP contribution >= 0.6 is 0 Å². The maximum absolute atomic E-state index is 11.6. The maximum atomic E-state index is 11.6. The number of amides is 1. The minimum absolute atomic E-state index is 0.181. The third kappa shape index (κ3) is 4.66. The number of carbonyl (C=O) groups excluding carboxylic acids is 1. The zero-order chi connectivity index (χ0) is 15.1. The van der Waals surface area contributed by atoms with Gasteiger partial charge in [-0.3, -0.25) is 0 Å². The average Bonchev–Trinajstić information content (AvgIpc) is 2.50. The Labute approximate surface area is 127 Å². The summed E-state index contributed by atoms with van der Waals surface area (Å²) in [4.78, 5) is 13.4. The molecule has 0 saturated carbocycles. The summed E-state index contributed by atoms with van der Waals surface area (Å²) < 4.78 is 5.04. The van der Waals surface area contributed by atoms with Gasteiger partial charge in [0.15, 0.2) is 0 Å². The van der Waals surface area contributed by atoms with Crippen molar-refractivity contribution in [2.24, 2.45) is 0 Å². The van der Waals surface area contributed by atoms with Gasteiger partial charge in [0.2, 0.25) is 0 Å². The number of ether oxygens (including phenoxy) is 1. The zero-order valence-electron chi connectivity index (χ0n) is 13.1. The number of nitrogens with one attached hydrogen (secondary N) is 1. The number of aryl methyl sites for hydroxylation is 1. The number of hydrogen-bond donors (Lipinski definition) is 1. The van der Waals surface area contributed by atoms with Crippen LogP contribution in [0.5, 0.6) is 0 Å². The van der Waals surface area contributed by atoms with Gasteiger partial charge in [-0.2, -0.15) is 0 Å². The fourth-order valence-corrected chi connectivity index (χ4v) is 2.71. The number of likely N-dealkylation sites (tertiary alicyclic amines) is 1. The van der Waals surface area contributed by atoms with Gasteiger partial charge in [-0.1, -0.05) is 25.5 Å². The van der Waals surface area contributed by atoms with Crippen molar-refractivity contribution in [3.05, 3.63) is 29.8 Å². The second-order valence-corrected chi connectivity index (χ2v) is 5.55. The molecule has 0 aliphatic carbocycles. The Kier molecular flexibility index (Phi) is 5.90. The minimum Gasteiger partial charge on any atom is -0.450 e. The van der Waals surface area contributed by atoms with Crippen LogP contribution in [-0.4, -0.2) is 36.7 Å². The largest absolute Gasteiger partial charge is 0.450 e. The highest BCUT2D eigenvalue weighted by Crippen LogP contribution is 2.18. The lowest BCUT2D eigenvalue weighted by Crippen LogP contribution is -2.42. The standard InChI is InChI=1S/C17H26N2O2/c1-3-5-14-6-8-15(9-7-14)18-16-10-12-19(13-11-16)17(20)21-4-2/h6-9,16,18H,3-5,10-13H2,1-2H3. The molecule has 116 valence electrons. The molecule has 0 radical (unpaired) electrons. The summed E-state index contributed by atoms with van der Waals surface area (Å²) in [5.41, 5.74) is 2.56. The van der Waals surface area contributed by atoms with Gasteiger partial charge >= 0.3 is 6.09 Å². The van der Waals surface area contributed by atoms with E-state index >= 15 is 0 Å². The number of benzene rings is 1. The van der Waals surface area contributed by atoms with Crippen LogP contribution in [0.15, 0.2) is 24.3 Å². The van der Waals surface area contributed by atoms with Gasteiger partial charge in [0.1, 0.15) is 0 Å². The first-order valence-electron chi connectivity index (χ1n) is 8.00. The van der Waals surface area contributed by atoms with Crippen molar-refractivity contribution in [1.29, 1.82) is 0 Å². The first kappa shape index (κ1) is 15.7. The van der Waals surface area contributed by atoms with E-state index in [-0.39, 0.29) is 6.09 Å². The van der Waals surface area contributed by atoms with Crippen molar-refractivity contribution in [2.45, 2.75) is 45.6 Å². The summed E-state index contributed by atoms with van der Waals surface area (Å²) in [6.07, 6.45) is 4.07. The molecular formula is C17H26N2O2. The van der Waals surface area contributed by atoms with E-state index < -0.39 is 0 Å². The molecule has 0 spiro atoms. The first-order valence-corrected chi connectivity index (χ1v) is 8.00. The normalized spacial score (nSPS) is 15.8. The number of anilines is 1. The smallest absolute Gasteiger partial charge is 0.409 e. The van der Waals surface area contributed by atoms with Gasteiger partial charge in [-0.25, -0.2) is 4.79 Å². The number of hydrogen-bond acceptors (Lipinski definition) is 3. The molecule has 0 unspecified atom stereocenters. The predicted molar refractivity (Wildman–Crippen MR) is 85.7 cm³/mol. The van der Waals surface area contributed by atoms with Crippen LogP contribution in [0.2, 0.25) is 0 Å². The highest BCUT2D eigenvalue weighted by atomic mass is 16.6. The van der Waals surface area contributed by atoms with Crippen molar-refractivity contribution in [3.63, 3.8) is 0 Å². The van der Waals surface area contributed by atoms with Gasteiger partial charge < -0.3 is 15.0 Å². The molecule has 1 aromatic carbocycles. The molecule has 1 saturated heterocycles. The maximum Gasteiger partial charge on any atom is 0.409 e. The van der Waals surface area contributed by atoms with Gasteiger partial charge in [-0.05, 0) is 43.9 Å². The molecule has 1 heterocycles. The van der Waals surface area contributed by atoms with E-state index in [9.17, 15) is 4.79 Å². The topological polar surface area (TPSA) is 41.6 Å². The van der Waals surface area contributed by atoms with E-state index in [0.29, 0.717) is 12.6 Å². The monoisotopic (exact) mass is 290 g/mol. The van der Waals surface area contributed by atoms with Crippen LogP contribution in [0.1, 0.15) is 38.7 Å². The van der Waals surface area contributed by atoms with Gasteiger partial charge in [0, 0.05) is 24.8 Å². The summed E-state index contributed by atoms with van der Waals surface area (Å²) in [7, 11) is 0. The lowest BCUT2D eigenvalue weighted by molar-refractivity contribution is 0.0983. The van der Waals surface area contributed by atoms with Gasteiger partial charge in [-0.15, -0.1) is 0 Å². The zero-order valence-corrected chi connectivity index (χ0v) is 13.1. The molecule has 4 nitrogen and oxygen atoms in total. The average molecular weight is 290 g/mol. The molecule has 21 heavy (non-hydrogen) atoms. The summed E-state index contributed by atoms with van der Waals surface area (Å²) in [6, 6.07) is 9.14. The van der Waals surface area contributed by atoms with E-state index in [2.05, 4.69) is 36.5 Å². The fourth-order valence-electron chi connectivity index (χ4n) is 2.71. The van der Waals surface area contributed by atoms with Crippen LogP contribution in [0.3, 0.4) is 0 Å². The summed E-state index contributed by atoms with van der Waals surface area (Å²) >= 11 is 0. The molecule has 4 heteroatoms. The molecule has 0 aromatic heterocycles. The number of rotatable bonds is 5. The van der Waals surface area contributed by atoms with Gasteiger partial charge in [0.25, 0.3) is 0 Å². The number of carbonyl (C=O) groups is 1. The lowest BCUT2D eigenvalue weighted by Gasteiger charge is -2.32. The third-order valence-electron chi connectivity index (χ3n) is 3.88. The quantitative estimate of drug-likeness (QED) is 0.899. The number of nitrogens with zero attached hydrogens (tertiary/aromatic N) is 1. The lowest BCUT2D eigenvalue weighted by atomic mass is 10.0. The minimum atomic E-state index is -0.181. The molecule has 1 aliphatic heterocycles. The van der Waals surface area contributed by atoms with Crippen LogP contribution in [0.25, 0.3) is 0 Å². The van der Waals surface area contributed by atoms with E-state index in [4.69, 9.17) is 4.74 Å². The molecule has 1 aliphatic rings. The third-order valence-corrected chi connectivity index (χ3v) is 3.88. The second kappa shape index (κ2) is 7.91. The van der Waals surface area contributed by atoms with Crippen LogP contribution in [0.4, 0.5) is 10.5 Å². The molecular weight excluding hydrogens is 264 g/mol. The Morgan fingerprint density at radius 1 is 1.24 bits per heavy atom. The fraction of sp³-hybridized carbons (Fsp3) is 0.588. The summed E-state index contributed by atoms with van der Waals surface area (Å²) in [5.74, 6) is 0. The van der Waals surface area contributed by atoms with Crippen LogP contribution in [-0.2, 0) is 11.2 Å². The van der Waals surface area contributed by atoms with Gasteiger partial charge in [0.05, 0.1) is 6.61 Å². The predicted octanol–water partition coefficient (Wildman–Crippen LogP) is 3.67. The molecule has 1 N–H and O–H groups in total. The summed E-state index contributed by atoms with van der Waals surface area (Å²) in [5, 5.41) is 3.56. The Morgan fingerprint density at radius 2 is 1.90 bits per heavy atom. The second-order valence-electron chi connectivity index (χ2n) is 5.55. The van der Waals surface area contributed by atoms with E-state index in [1.807, 2.05) is 6.92 Å². The van der Waals surface area contributed by atoms with Crippen LogP contribution < -0.4 is 5.32 Å². The summed E-state index contributed by atoms with van der Waals surface area (Å²) in [6.45, 7) is 6.02. The van der Waals surface area contributed by atoms with Crippen molar-refractivity contribution in [2.75, 3.05) is 25.0 Å². The van der Waals surface area contributed by atoms with E-state index in [1.54, 1.807) is 4.90 Å². The van der Waals surface area contributed by atoms with E-state index in [0.717, 1.165) is 32.4 Å². The molecule has 1 amide bonds. The van der Waals surface area contributed by atoms with E-state index in [1.165, 1.54) is 17.7 Å². The van der Waals surface area contributed by atoms with Crippen molar-refractivity contribution in [3.8, 4) is 0 Å². The molecule has 2 rings (SSSR count). The van der Waals surface area contributed by atoms with Crippen molar-refractivity contribution in [1.82, 2.24) is 4.90 Å². The first-order chi connectivity index (χ1) is 10.2. The number of piperidine rings is 1. The Morgan fingerprint density at radius 3 is 2.48 bits per heavy atom. The molecule has 1 aromatic rings. The Bertz CT molecular complexity index is 437.